The fourth-order valence-electron chi connectivity index (χ4n) is 2.42. The Kier molecular flexibility index (Phi) is 6.30. The minimum atomic E-state index is -4.49. The molecule has 0 spiro atoms. The summed E-state index contributed by atoms with van der Waals surface area (Å²) in [4.78, 5) is 22.9. The first-order valence-electron chi connectivity index (χ1n) is 7.43. The molecule has 1 atom stereocenters. The van der Waals surface area contributed by atoms with Crippen LogP contribution in [-0.4, -0.2) is 34.8 Å². The van der Waals surface area contributed by atoms with Crippen molar-refractivity contribution in [1.29, 1.82) is 0 Å². The van der Waals surface area contributed by atoms with Crippen LogP contribution in [0.5, 0.6) is 0 Å². The number of carbonyl (C=O) groups excluding carboxylic acids is 1. The maximum Gasteiger partial charge on any atom is 0.442 e. The number of nitrogens with one attached hydrogen (secondary N) is 1. The number of carboxylic acids is 1. The van der Waals surface area contributed by atoms with Crippen molar-refractivity contribution < 1.29 is 27.9 Å². The van der Waals surface area contributed by atoms with Gasteiger partial charge in [0.2, 0.25) is 5.91 Å². The third-order valence-corrected chi connectivity index (χ3v) is 4.34. The van der Waals surface area contributed by atoms with E-state index < -0.39 is 40.8 Å². The standard InChI is InChI=1S/C17H16F3NO3S/c18-17(19,20)25-10-15(22)21-9-13(16(23)24)8-12-6-3-5-11-4-1-2-7-14(11)12/h1-7,13H,8-10H2,(H,21,22)(H,23,24). The van der Waals surface area contributed by atoms with Gasteiger partial charge in [0.25, 0.3) is 0 Å². The van der Waals surface area contributed by atoms with E-state index in [4.69, 9.17) is 0 Å². The van der Waals surface area contributed by atoms with Gasteiger partial charge in [-0.2, -0.15) is 13.2 Å². The first-order valence-corrected chi connectivity index (χ1v) is 8.41. The lowest BCUT2D eigenvalue weighted by molar-refractivity contribution is -0.141. The van der Waals surface area contributed by atoms with E-state index in [-0.39, 0.29) is 13.0 Å². The maximum absolute atomic E-state index is 12.1. The van der Waals surface area contributed by atoms with Crippen molar-refractivity contribution in [3.8, 4) is 0 Å². The lowest BCUT2D eigenvalue weighted by atomic mass is 9.95. The van der Waals surface area contributed by atoms with Crippen molar-refractivity contribution in [2.45, 2.75) is 11.9 Å². The largest absolute Gasteiger partial charge is 0.481 e. The Morgan fingerprint density at radius 3 is 2.48 bits per heavy atom. The van der Waals surface area contributed by atoms with Gasteiger partial charge in [0.1, 0.15) is 0 Å². The van der Waals surface area contributed by atoms with Gasteiger partial charge in [-0.25, -0.2) is 0 Å². The zero-order chi connectivity index (χ0) is 18.4. The van der Waals surface area contributed by atoms with Gasteiger partial charge in [0, 0.05) is 6.54 Å². The molecule has 134 valence electrons. The van der Waals surface area contributed by atoms with Crippen LogP contribution >= 0.6 is 11.8 Å². The van der Waals surface area contributed by atoms with Gasteiger partial charge in [-0.1, -0.05) is 42.5 Å². The molecule has 0 radical (unpaired) electrons. The molecule has 25 heavy (non-hydrogen) atoms. The van der Waals surface area contributed by atoms with Crippen molar-refractivity contribution in [2.75, 3.05) is 12.3 Å². The van der Waals surface area contributed by atoms with Crippen LogP contribution in [0, 0.1) is 5.92 Å². The van der Waals surface area contributed by atoms with E-state index in [9.17, 15) is 27.9 Å². The lowest BCUT2D eigenvalue weighted by Crippen LogP contribution is -2.35. The molecular formula is C17H16F3NO3S. The molecule has 0 aliphatic heterocycles. The highest BCUT2D eigenvalue weighted by Crippen LogP contribution is 2.29. The Hall–Kier alpha value is -2.22. The van der Waals surface area contributed by atoms with Crippen molar-refractivity contribution in [3.63, 3.8) is 0 Å². The fraction of sp³-hybridized carbons (Fsp3) is 0.294. The number of halogens is 3. The smallest absolute Gasteiger partial charge is 0.442 e. The van der Waals surface area contributed by atoms with Gasteiger partial charge in [0.05, 0.1) is 11.7 Å². The Morgan fingerprint density at radius 1 is 1.12 bits per heavy atom. The average Bonchev–Trinajstić information content (AvgIpc) is 2.56. The number of benzene rings is 2. The maximum atomic E-state index is 12.1. The molecule has 1 amide bonds. The second-order valence-electron chi connectivity index (χ2n) is 5.42. The molecule has 4 nitrogen and oxygen atoms in total. The molecule has 0 aromatic heterocycles. The Bertz CT molecular complexity index is 759. The third-order valence-electron chi connectivity index (χ3n) is 3.61. The summed E-state index contributed by atoms with van der Waals surface area (Å²) in [5.74, 6) is -3.67. The summed E-state index contributed by atoms with van der Waals surface area (Å²) < 4.78 is 36.2. The number of alkyl halides is 3. The lowest BCUT2D eigenvalue weighted by Gasteiger charge is -2.15. The van der Waals surface area contributed by atoms with Crippen LogP contribution in [-0.2, 0) is 16.0 Å². The van der Waals surface area contributed by atoms with Crippen molar-refractivity contribution in [1.82, 2.24) is 5.32 Å². The van der Waals surface area contributed by atoms with Crippen LogP contribution in [0.25, 0.3) is 10.8 Å². The van der Waals surface area contributed by atoms with E-state index in [1.807, 2.05) is 36.4 Å². The summed E-state index contributed by atoms with van der Waals surface area (Å²) in [5, 5.41) is 13.5. The number of carboxylic acid groups (broad SMARTS) is 1. The predicted octanol–water partition coefficient (Wildman–Crippen LogP) is 3.45. The molecule has 1 unspecified atom stereocenters. The molecule has 0 saturated carbocycles. The molecule has 0 bridgehead atoms. The Morgan fingerprint density at radius 2 is 1.80 bits per heavy atom. The van der Waals surface area contributed by atoms with Crippen molar-refractivity contribution in [2.24, 2.45) is 5.92 Å². The molecule has 0 fully saturated rings. The van der Waals surface area contributed by atoms with Crippen LogP contribution in [0.3, 0.4) is 0 Å². The molecule has 0 aliphatic rings. The SMILES string of the molecule is O=C(CSC(F)(F)F)NCC(Cc1cccc2ccccc12)C(=O)O. The number of fused-ring (bicyclic) bond motifs is 1. The van der Waals surface area contributed by atoms with Crippen LogP contribution in [0.4, 0.5) is 13.2 Å². The van der Waals surface area contributed by atoms with Gasteiger partial charge in [-0.15, -0.1) is 0 Å². The number of hydrogen-bond donors (Lipinski definition) is 2. The molecule has 8 heteroatoms. The van der Waals surface area contributed by atoms with Crippen molar-refractivity contribution in [3.05, 3.63) is 48.0 Å². The molecular weight excluding hydrogens is 355 g/mol. The Balaban J connectivity index is 2.01. The first kappa shape index (κ1) is 19.1. The number of thioether (sulfide) groups is 1. The van der Waals surface area contributed by atoms with Crippen LogP contribution in [0.2, 0.25) is 0 Å². The first-order chi connectivity index (χ1) is 11.8. The van der Waals surface area contributed by atoms with Crippen LogP contribution < -0.4 is 5.32 Å². The second kappa shape index (κ2) is 8.24. The summed E-state index contributed by atoms with van der Waals surface area (Å²) in [6.07, 6.45) is 0.170. The molecule has 2 aromatic rings. The second-order valence-corrected chi connectivity index (χ2v) is 6.46. The van der Waals surface area contributed by atoms with Gasteiger partial charge >= 0.3 is 11.5 Å². The van der Waals surface area contributed by atoms with E-state index in [0.29, 0.717) is 0 Å². The zero-order valence-corrected chi connectivity index (χ0v) is 13.9. The summed E-state index contributed by atoms with van der Waals surface area (Å²) in [6.45, 7) is -0.226. The summed E-state index contributed by atoms with van der Waals surface area (Å²) in [7, 11) is 0. The topological polar surface area (TPSA) is 66.4 Å². The predicted molar refractivity (Wildman–Crippen MR) is 90.3 cm³/mol. The van der Waals surface area contributed by atoms with Gasteiger partial charge < -0.3 is 10.4 Å². The highest BCUT2D eigenvalue weighted by atomic mass is 32.2. The number of hydrogen-bond acceptors (Lipinski definition) is 3. The normalized spacial score (nSPS) is 12.8. The zero-order valence-electron chi connectivity index (χ0n) is 13.0. The van der Waals surface area contributed by atoms with E-state index in [1.54, 1.807) is 6.07 Å². The van der Waals surface area contributed by atoms with Gasteiger partial charge in [-0.05, 0) is 34.5 Å². The summed E-state index contributed by atoms with van der Waals surface area (Å²) >= 11 is -0.452. The van der Waals surface area contributed by atoms with Crippen molar-refractivity contribution >= 4 is 34.4 Å². The minimum absolute atomic E-state index is 0.170. The molecule has 2 rings (SSSR count). The quantitative estimate of drug-likeness (QED) is 0.782. The summed E-state index contributed by atoms with van der Waals surface area (Å²) in [5.41, 5.74) is -3.68. The summed E-state index contributed by atoms with van der Waals surface area (Å²) in [6, 6.07) is 13.0. The van der Waals surface area contributed by atoms with E-state index in [0.717, 1.165) is 16.3 Å². The van der Waals surface area contributed by atoms with E-state index in [1.165, 1.54) is 0 Å². The van der Waals surface area contributed by atoms with Crippen LogP contribution in [0.15, 0.2) is 42.5 Å². The minimum Gasteiger partial charge on any atom is -0.481 e. The molecule has 0 aliphatic carbocycles. The van der Waals surface area contributed by atoms with E-state index >= 15 is 0 Å². The number of amides is 1. The van der Waals surface area contributed by atoms with E-state index in [2.05, 4.69) is 5.32 Å². The molecule has 0 heterocycles. The van der Waals surface area contributed by atoms with Gasteiger partial charge in [-0.3, -0.25) is 9.59 Å². The number of aliphatic carboxylic acids is 1. The molecule has 2 aromatic carbocycles. The highest BCUT2D eigenvalue weighted by Gasteiger charge is 2.29. The average molecular weight is 371 g/mol. The third kappa shape index (κ3) is 5.97. The van der Waals surface area contributed by atoms with Crippen LogP contribution in [0.1, 0.15) is 5.56 Å². The monoisotopic (exact) mass is 371 g/mol. The number of carbonyl (C=O) groups is 2. The molecule has 0 saturated heterocycles. The molecule has 2 N–H and O–H groups in total. The highest BCUT2D eigenvalue weighted by molar-refractivity contribution is 8.00. The Labute approximate surface area is 146 Å². The van der Waals surface area contributed by atoms with Gasteiger partial charge in [0.15, 0.2) is 0 Å². The number of rotatable bonds is 7. The fourth-order valence-corrected chi connectivity index (χ4v) is 2.82.